The lowest BCUT2D eigenvalue weighted by Crippen LogP contribution is -2.34. The van der Waals surface area contributed by atoms with Crippen molar-refractivity contribution < 1.29 is 22.6 Å². The molecule has 0 atom stereocenters. The van der Waals surface area contributed by atoms with Gasteiger partial charge in [0.05, 0.1) is 12.2 Å². The van der Waals surface area contributed by atoms with E-state index < -0.39 is 18.1 Å². The van der Waals surface area contributed by atoms with E-state index in [9.17, 15) is 13.2 Å². The number of benzene rings is 2. The first-order valence-corrected chi connectivity index (χ1v) is 8.09. The molecule has 0 heterocycles. The van der Waals surface area contributed by atoms with Crippen molar-refractivity contribution in [2.75, 3.05) is 6.61 Å². The van der Waals surface area contributed by atoms with Gasteiger partial charge in [0.1, 0.15) is 11.5 Å². The van der Waals surface area contributed by atoms with Crippen LogP contribution in [0.2, 0.25) is 0 Å². The molecule has 24 heavy (non-hydrogen) atoms. The maximum absolute atomic E-state index is 12.8. The summed E-state index contributed by atoms with van der Waals surface area (Å²) < 4.78 is 49.5. The van der Waals surface area contributed by atoms with Crippen molar-refractivity contribution in [3.8, 4) is 11.5 Å². The van der Waals surface area contributed by atoms with E-state index in [1.807, 2.05) is 22.6 Å². The molecular formula is C16H16F3IN2O2. The highest BCUT2D eigenvalue weighted by atomic mass is 127. The highest BCUT2D eigenvalue weighted by Gasteiger charge is 2.31. The van der Waals surface area contributed by atoms with Gasteiger partial charge >= 0.3 is 6.18 Å². The highest BCUT2D eigenvalue weighted by molar-refractivity contribution is 14.1. The second kappa shape index (κ2) is 8.15. The van der Waals surface area contributed by atoms with Crippen LogP contribution in [0.1, 0.15) is 11.1 Å². The van der Waals surface area contributed by atoms with Crippen LogP contribution in [0.3, 0.4) is 0 Å². The van der Waals surface area contributed by atoms with Crippen molar-refractivity contribution in [1.82, 2.24) is 0 Å². The molecule has 130 valence electrons. The van der Waals surface area contributed by atoms with Gasteiger partial charge in [0.15, 0.2) is 6.35 Å². The normalized spacial score (nSPS) is 11.8. The van der Waals surface area contributed by atoms with Crippen molar-refractivity contribution in [1.29, 1.82) is 0 Å². The van der Waals surface area contributed by atoms with E-state index in [-0.39, 0.29) is 5.75 Å². The zero-order valence-electron chi connectivity index (χ0n) is 12.5. The Balaban J connectivity index is 2.05. The predicted molar refractivity (Wildman–Crippen MR) is 92.5 cm³/mol. The van der Waals surface area contributed by atoms with Gasteiger partial charge in [0, 0.05) is 3.57 Å². The topological polar surface area (TPSA) is 70.5 Å². The first kappa shape index (κ1) is 19.0. The Labute approximate surface area is 151 Å². The molecule has 0 fully saturated rings. The van der Waals surface area contributed by atoms with E-state index >= 15 is 0 Å². The molecule has 0 bridgehead atoms. The third-order valence-corrected chi connectivity index (χ3v) is 3.68. The van der Waals surface area contributed by atoms with Crippen LogP contribution in [0.15, 0.2) is 42.5 Å². The minimum atomic E-state index is -4.41. The van der Waals surface area contributed by atoms with Crippen LogP contribution in [0.4, 0.5) is 13.2 Å². The zero-order chi connectivity index (χ0) is 17.7. The minimum Gasteiger partial charge on any atom is -0.457 e. The second-order valence-electron chi connectivity index (χ2n) is 5.00. The van der Waals surface area contributed by atoms with Gasteiger partial charge in [-0.05, 0) is 64.9 Å². The van der Waals surface area contributed by atoms with Gasteiger partial charge in [-0.3, -0.25) is 11.5 Å². The van der Waals surface area contributed by atoms with Crippen LogP contribution in [0.25, 0.3) is 0 Å². The molecule has 0 spiro atoms. The van der Waals surface area contributed by atoms with Crippen molar-refractivity contribution >= 4 is 22.6 Å². The van der Waals surface area contributed by atoms with Gasteiger partial charge in [0.2, 0.25) is 0 Å². The predicted octanol–water partition coefficient (Wildman–Crippen LogP) is 3.86. The van der Waals surface area contributed by atoms with E-state index in [4.69, 9.17) is 20.9 Å². The Hall–Kier alpha value is -1.36. The van der Waals surface area contributed by atoms with Gasteiger partial charge in [-0.25, -0.2) is 0 Å². The van der Waals surface area contributed by atoms with Gasteiger partial charge < -0.3 is 9.47 Å². The molecule has 8 heteroatoms. The van der Waals surface area contributed by atoms with Crippen molar-refractivity contribution in [2.24, 2.45) is 11.5 Å². The molecule has 0 aliphatic rings. The average molecular weight is 452 g/mol. The van der Waals surface area contributed by atoms with Crippen molar-refractivity contribution in [3.63, 3.8) is 0 Å². The second-order valence-corrected chi connectivity index (χ2v) is 6.25. The van der Waals surface area contributed by atoms with E-state index in [1.165, 1.54) is 0 Å². The summed E-state index contributed by atoms with van der Waals surface area (Å²) in [5, 5.41) is 0. The summed E-state index contributed by atoms with van der Waals surface area (Å²) >= 11 is 1.83. The van der Waals surface area contributed by atoms with Crippen LogP contribution in [0.5, 0.6) is 11.5 Å². The fourth-order valence-electron chi connectivity index (χ4n) is 1.96. The number of halogens is 4. The largest absolute Gasteiger partial charge is 0.457 e. The van der Waals surface area contributed by atoms with Gasteiger partial charge in [-0.15, -0.1) is 0 Å². The number of ether oxygens (including phenoxy) is 2. The van der Waals surface area contributed by atoms with Gasteiger partial charge in [-0.1, -0.05) is 12.1 Å². The van der Waals surface area contributed by atoms with E-state index in [2.05, 4.69) is 0 Å². The summed E-state index contributed by atoms with van der Waals surface area (Å²) in [4.78, 5) is 0. The van der Waals surface area contributed by atoms with Crippen molar-refractivity contribution in [3.05, 3.63) is 57.2 Å². The number of nitrogens with two attached hydrogens (primary N) is 2. The first-order valence-electron chi connectivity index (χ1n) is 7.01. The third-order valence-electron chi connectivity index (χ3n) is 3.06. The molecular weight excluding hydrogens is 436 g/mol. The monoisotopic (exact) mass is 452 g/mol. The average Bonchev–Trinajstić information content (AvgIpc) is 2.47. The Bertz CT molecular complexity index is 676. The fraction of sp³-hybridized carbons (Fsp3) is 0.250. The maximum Gasteiger partial charge on any atom is 0.416 e. The smallest absolute Gasteiger partial charge is 0.416 e. The van der Waals surface area contributed by atoms with Crippen LogP contribution >= 0.6 is 22.6 Å². The highest BCUT2D eigenvalue weighted by Crippen LogP contribution is 2.34. The van der Waals surface area contributed by atoms with Crippen LogP contribution in [-0.2, 0) is 17.3 Å². The Morgan fingerprint density at radius 1 is 1.00 bits per heavy atom. The van der Waals surface area contributed by atoms with E-state index in [0.29, 0.717) is 22.3 Å². The molecule has 2 aromatic carbocycles. The molecule has 0 aliphatic carbocycles. The Morgan fingerprint density at radius 3 is 2.25 bits per heavy atom. The lowest BCUT2D eigenvalue weighted by atomic mass is 10.1. The summed E-state index contributed by atoms with van der Waals surface area (Å²) in [6, 6.07) is 10.6. The number of alkyl halides is 3. The molecule has 0 saturated carbocycles. The van der Waals surface area contributed by atoms with Gasteiger partial charge in [-0.2, -0.15) is 13.2 Å². The molecule has 0 aliphatic heterocycles. The van der Waals surface area contributed by atoms with Crippen LogP contribution < -0.4 is 16.2 Å². The van der Waals surface area contributed by atoms with Crippen molar-refractivity contribution in [2.45, 2.75) is 18.9 Å². The zero-order valence-corrected chi connectivity index (χ0v) is 14.7. The van der Waals surface area contributed by atoms with Gasteiger partial charge in [0.25, 0.3) is 0 Å². The molecule has 2 aromatic rings. The lowest BCUT2D eigenvalue weighted by molar-refractivity contribution is -0.137. The SMILES string of the molecule is NC(N)OCCc1ccc(Oc2cc(I)cc(C(F)(F)F)c2)cc1. The Kier molecular flexibility index (Phi) is 6.44. The molecule has 0 unspecified atom stereocenters. The molecule has 2 rings (SSSR count). The van der Waals surface area contributed by atoms with E-state index in [0.717, 1.165) is 17.7 Å². The number of rotatable bonds is 6. The minimum absolute atomic E-state index is 0.138. The lowest BCUT2D eigenvalue weighted by Gasteiger charge is -2.12. The molecule has 4 nitrogen and oxygen atoms in total. The van der Waals surface area contributed by atoms with E-state index in [1.54, 1.807) is 30.3 Å². The Morgan fingerprint density at radius 2 is 1.67 bits per heavy atom. The number of hydrogen-bond donors (Lipinski definition) is 2. The fourth-order valence-corrected chi connectivity index (χ4v) is 2.60. The molecule has 0 aromatic heterocycles. The van der Waals surface area contributed by atoms with Crippen LogP contribution in [0, 0.1) is 3.57 Å². The standard InChI is InChI=1S/C16H16F3IN2O2/c17-16(18,19)11-7-12(20)9-14(8-11)24-13-3-1-10(2-4-13)5-6-23-15(21)22/h1-4,7-9,15H,5-6,21-22H2. The third kappa shape index (κ3) is 5.93. The molecule has 0 radical (unpaired) electrons. The summed E-state index contributed by atoms with van der Waals surface area (Å²) in [6.45, 7) is 0.379. The quantitative estimate of drug-likeness (QED) is 0.516. The molecule has 4 N–H and O–H groups in total. The molecule has 0 saturated heterocycles. The summed E-state index contributed by atoms with van der Waals surface area (Å²) in [6.07, 6.45) is -4.60. The van der Waals surface area contributed by atoms with Crippen LogP contribution in [-0.4, -0.2) is 13.0 Å². The summed E-state index contributed by atoms with van der Waals surface area (Å²) in [7, 11) is 0. The first-order chi connectivity index (χ1) is 11.2. The number of hydrogen-bond acceptors (Lipinski definition) is 4. The molecule has 0 amide bonds. The maximum atomic E-state index is 12.8. The summed E-state index contributed by atoms with van der Waals surface area (Å²) in [5.74, 6) is 0.588. The summed E-state index contributed by atoms with van der Waals surface area (Å²) in [5.41, 5.74) is 10.8.